The molecule has 0 aliphatic heterocycles. The van der Waals surface area contributed by atoms with Crippen molar-refractivity contribution in [2.24, 2.45) is 0 Å². The van der Waals surface area contributed by atoms with Crippen LogP contribution in [0.25, 0.3) is 10.2 Å². The molecule has 6 nitrogen and oxygen atoms in total. The van der Waals surface area contributed by atoms with E-state index in [9.17, 15) is 13.2 Å². The minimum Gasteiger partial charge on any atom is -0.294 e. The second kappa shape index (κ2) is 7.67. The SMILES string of the molecule is O=c1sc2cc(S(=O)(=O)NCc3ccncc3)ccc2n1Cc1ccccc1. The van der Waals surface area contributed by atoms with Crippen molar-refractivity contribution in [3.63, 3.8) is 0 Å². The van der Waals surface area contributed by atoms with Gasteiger partial charge in [0, 0.05) is 18.9 Å². The summed E-state index contributed by atoms with van der Waals surface area (Å²) >= 11 is 1.05. The fourth-order valence-corrected chi connectivity index (χ4v) is 4.94. The number of pyridine rings is 1. The van der Waals surface area contributed by atoms with Crippen molar-refractivity contribution < 1.29 is 8.42 Å². The zero-order chi connectivity index (χ0) is 19.6. The zero-order valence-electron chi connectivity index (χ0n) is 14.8. The zero-order valence-corrected chi connectivity index (χ0v) is 16.4. The molecule has 2 heterocycles. The largest absolute Gasteiger partial charge is 0.308 e. The van der Waals surface area contributed by atoms with Gasteiger partial charge in [-0.05, 0) is 41.5 Å². The minimum absolute atomic E-state index is 0.113. The van der Waals surface area contributed by atoms with Crippen LogP contribution in [0.1, 0.15) is 11.1 Å². The minimum atomic E-state index is -3.69. The molecule has 2 aromatic heterocycles. The third kappa shape index (κ3) is 3.89. The Morgan fingerprint density at radius 1 is 0.964 bits per heavy atom. The number of hydrogen-bond acceptors (Lipinski definition) is 5. The molecule has 0 unspecified atom stereocenters. The molecule has 0 bridgehead atoms. The van der Waals surface area contributed by atoms with E-state index in [2.05, 4.69) is 9.71 Å². The van der Waals surface area contributed by atoms with Gasteiger partial charge in [-0.15, -0.1) is 0 Å². The van der Waals surface area contributed by atoms with Crippen LogP contribution in [-0.4, -0.2) is 18.0 Å². The topological polar surface area (TPSA) is 81.1 Å². The average molecular weight is 412 g/mol. The highest BCUT2D eigenvalue weighted by Gasteiger charge is 2.17. The second-order valence-electron chi connectivity index (χ2n) is 6.25. The predicted octanol–water partition coefficient (Wildman–Crippen LogP) is 2.98. The first-order chi connectivity index (χ1) is 13.5. The lowest BCUT2D eigenvalue weighted by molar-refractivity contribution is 0.581. The molecule has 28 heavy (non-hydrogen) atoms. The molecular weight excluding hydrogens is 394 g/mol. The van der Waals surface area contributed by atoms with Crippen LogP contribution in [0.5, 0.6) is 0 Å². The number of fused-ring (bicyclic) bond motifs is 1. The molecule has 0 fully saturated rings. The Hall–Kier alpha value is -2.81. The number of aromatic nitrogens is 2. The molecule has 0 aliphatic carbocycles. The Morgan fingerprint density at radius 2 is 1.71 bits per heavy atom. The molecule has 0 atom stereocenters. The number of nitrogens with zero attached hydrogens (tertiary/aromatic N) is 2. The van der Waals surface area contributed by atoms with E-state index in [-0.39, 0.29) is 16.3 Å². The molecule has 4 rings (SSSR count). The van der Waals surface area contributed by atoms with Crippen molar-refractivity contribution in [2.75, 3.05) is 0 Å². The first-order valence-corrected chi connectivity index (χ1v) is 10.9. The number of benzene rings is 2. The smallest absolute Gasteiger partial charge is 0.294 e. The van der Waals surface area contributed by atoms with Crippen LogP contribution in [0.15, 0.2) is 82.7 Å². The molecule has 4 aromatic rings. The standard InChI is InChI=1S/C20H17N3O3S2/c24-20-23(14-16-4-2-1-3-5-16)18-7-6-17(12-19(18)27-20)28(25,26)22-13-15-8-10-21-11-9-15/h1-12,22H,13-14H2. The fourth-order valence-electron chi connectivity index (χ4n) is 2.89. The van der Waals surface area contributed by atoms with E-state index in [1.807, 2.05) is 30.3 Å². The fraction of sp³-hybridized carbons (Fsp3) is 0.100. The van der Waals surface area contributed by atoms with Crippen LogP contribution in [-0.2, 0) is 23.1 Å². The van der Waals surface area contributed by atoms with Gasteiger partial charge in [0.2, 0.25) is 10.0 Å². The maximum Gasteiger partial charge on any atom is 0.308 e. The number of nitrogens with one attached hydrogen (secondary N) is 1. The van der Waals surface area contributed by atoms with E-state index in [1.165, 1.54) is 6.07 Å². The number of thiazole rings is 1. The quantitative estimate of drug-likeness (QED) is 0.529. The van der Waals surface area contributed by atoms with E-state index in [0.717, 1.165) is 28.0 Å². The van der Waals surface area contributed by atoms with Crippen molar-refractivity contribution in [1.29, 1.82) is 0 Å². The molecule has 1 N–H and O–H groups in total. The summed E-state index contributed by atoms with van der Waals surface area (Å²) in [5.74, 6) is 0. The van der Waals surface area contributed by atoms with Crippen molar-refractivity contribution in [2.45, 2.75) is 18.0 Å². The number of hydrogen-bond donors (Lipinski definition) is 1. The lowest BCUT2D eigenvalue weighted by atomic mass is 10.2. The molecule has 142 valence electrons. The van der Waals surface area contributed by atoms with Crippen LogP contribution >= 0.6 is 11.3 Å². The van der Waals surface area contributed by atoms with Gasteiger partial charge in [0.15, 0.2) is 0 Å². The Morgan fingerprint density at radius 3 is 2.46 bits per heavy atom. The molecule has 2 aromatic carbocycles. The van der Waals surface area contributed by atoms with E-state index >= 15 is 0 Å². The van der Waals surface area contributed by atoms with Gasteiger partial charge in [0.05, 0.1) is 21.7 Å². The Labute approximate surface area is 166 Å². The summed E-state index contributed by atoms with van der Waals surface area (Å²) < 4.78 is 30.1. The van der Waals surface area contributed by atoms with E-state index in [1.54, 1.807) is 41.2 Å². The van der Waals surface area contributed by atoms with E-state index in [4.69, 9.17) is 0 Å². The highest BCUT2D eigenvalue weighted by Crippen LogP contribution is 2.22. The van der Waals surface area contributed by atoms with Crippen LogP contribution < -0.4 is 9.60 Å². The molecule has 0 saturated heterocycles. The second-order valence-corrected chi connectivity index (χ2v) is 9.01. The summed E-state index contributed by atoms with van der Waals surface area (Å²) in [4.78, 5) is 16.4. The van der Waals surface area contributed by atoms with Gasteiger partial charge >= 0.3 is 4.87 Å². The Kier molecular flexibility index (Phi) is 5.08. The van der Waals surface area contributed by atoms with Gasteiger partial charge in [-0.2, -0.15) is 0 Å². The molecule has 8 heteroatoms. The maximum atomic E-state index is 12.6. The van der Waals surface area contributed by atoms with Crippen LogP contribution in [0.4, 0.5) is 0 Å². The Bertz CT molecular complexity index is 1260. The van der Waals surface area contributed by atoms with Crippen molar-refractivity contribution in [3.8, 4) is 0 Å². The highest BCUT2D eigenvalue weighted by atomic mass is 32.2. The summed E-state index contributed by atoms with van der Waals surface area (Å²) in [6.07, 6.45) is 3.23. The average Bonchev–Trinajstić information content (AvgIpc) is 3.02. The molecular formula is C20H17N3O3S2. The van der Waals surface area contributed by atoms with Gasteiger partial charge in [0.1, 0.15) is 0 Å². The third-order valence-corrected chi connectivity index (χ3v) is 6.69. The summed E-state index contributed by atoms with van der Waals surface area (Å²) in [6, 6.07) is 18.0. The van der Waals surface area contributed by atoms with E-state index < -0.39 is 10.0 Å². The van der Waals surface area contributed by atoms with Gasteiger partial charge in [-0.25, -0.2) is 13.1 Å². The molecule has 0 aliphatic rings. The Balaban J connectivity index is 1.62. The predicted molar refractivity (Wildman–Crippen MR) is 110 cm³/mol. The monoisotopic (exact) mass is 411 g/mol. The lowest BCUT2D eigenvalue weighted by Crippen LogP contribution is -2.23. The number of sulfonamides is 1. The van der Waals surface area contributed by atoms with Gasteiger partial charge in [-0.3, -0.25) is 14.3 Å². The molecule has 0 spiro atoms. The van der Waals surface area contributed by atoms with Crippen molar-refractivity contribution in [3.05, 3.63) is 93.9 Å². The van der Waals surface area contributed by atoms with Gasteiger partial charge < -0.3 is 0 Å². The van der Waals surface area contributed by atoms with Crippen LogP contribution in [0, 0.1) is 0 Å². The third-order valence-electron chi connectivity index (χ3n) is 4.35. The first-order valence-electron chi connectivity index (χ1n) is 8.59. The summed E-state index contributed by atoms with van der Waals surface area (Å²) in [5, 5.41) is 0. The number of rotatable bonds is 6. The maximum absolute atomic E-state index is 12.6. The molecule has 0 saturated carbocycles. The van der Waals surface area contributed by atoms with Crippen LogP contribution in [0.3, 0.4) is 0 Å². The van der Waals surface area contributed by atoms with E-state index in [0.29, 0.717) is 11.2 Å². The highest BCUT2D eigenvalue weighted by molar-refractivity contribution is 7.89. The summed E-state index contributed by atoms with van der Waals surface area (Å²) in [7, 11) is -3.69. The summed E-state index contributed by atoms with van der Waals surface area (Å²) in [6.45, 7) is 0.625. The first kappa shape index (κ1) is 18.5. The molecule has 0 radical (unpaired) electrons. The van der Waals surface area contributed by atoms with Gasteiger partial charge in [-0.1, -0.05) is 41.7 Å². The van der Waals surface area contributed by atoms with Crippen molar-refractivity contribution >= 4 is 31.6 Å². The van der Waals surface area contributed by atoms with Gasteiger partial charge in [0.25, 0.3) is 0 Å². The normalized spacial score (nSPS) is 11.7. The molecule has 0 amide bonds. The summed E-state index contributed by atoms with van der Waals surface area (Å²) in [5.41, 5.74) is 2.56. The van der Waals surface area contributed by atoms with Crippen molar-refractivity contribution in [1.82, 2.24) is 14.3 Å². The van der Waals surface area contributed by atoms with Crippen LogP contribution in [0.2, 0.25) is 0 Å². The lowest BCUT2D eigenvalue weighted by Gasteiger charge is -2.08.